The molecule has 3 rings (SSSR count). The van der Waals surface area contributed by atoms with Crippen LogP contribution in [0.4, 0.5) is 0 Å². The highest BCUT2D eigenvalue weighted by atomic mass is 35.5. The quantitative estimate of drug-likeness (QED) is 0.811. The average Bonchev–Trinajstić information content (AvgIpc) is 3.30. The van der Waals surface area contributed by atoms with Crippen LogP contribution in [0.15, 0.2) is 29.4 Å². The van der Waals surface area contributed by atoms with Gasteiger partial charge in [0.15, 0.2) is 5.16 Å². The van der Waals surface area contributed by atoms with Crippen molar-refractivity contribution in [1.82, 2.24) is 20.1 Å². The summed E-state index contributed by atoms with van der Waals surface area (Å²) in [4.78, 5) is 12.3. The number of halogens is 1. The Kier molecular flexibility index (Phi) is 4.92. The van der Waals surface area contributed by atoms with Gasteiger partial charge in [0, 0.05) is 17.6 Å². The van der Waals surface area contributed by atoms with E-state index < -0.39 is 0 Å². The summed E-state index contributed by atoms with van der Waals surface area (Å²) in [5.74, 6) is 0.886. The SMILES string of the molecule is Cc1nnc(S[C@H](C)C(=O)NCc2ccccc2Cl)n1C1CC1. The molecule has 0 radical (unpaired) electrons. The number of nitrogens with zero attached hydrogens (tertiary/aromatic N) is 3. The first-order valence-electron chi connectivity index (χ1n) is 7.65. The van der Waals surface area contributed by atoms with Crippen LogP contribution in [0.5, 0.6) is 0 Å². The zero-order valence-electron chi connectivity index (χ0n) is 13.1. The Hall–Kier alpha value is -1.53. The molecule has 122 valence electrons. The van der Waals surface area contributed by atoms with Crippen molar-refractivity contribution < 1.29 is 4.79 Å². The summed E-state index contributed by atoms with van der Waals surface area (Å²) in [5.41, 5.74) is 0.914. The first kappa shape index (κ1) is 16.3. The minimum Gasteiger partial charge on any atom is -0.351 e. The van der Waals surface area contributed by atoms with Crippen molar-refractivity contribution in [2.45, 2.75) is 49.7 Å². The summed E-state index contributed by atoms with van der Waals surface area (Å²) in [6.07, 6.45) is 2.33. The van der Waals surface area contributed by atoms with Gasteiger partial charge < -0.3 is 9.88 Å². The molecule has 2 aromatic rings. The van der Waals surface area contributed by atoms with Gasteiger partial charge in [0.1, 0.15) is 5.82 Å². The standard InChI is InChI=1S/C16H19ClN4OS/c1-10(15(22)18-9-12-5-3-4-6-14(12)17)23-16-20-19-11(2)21(16)13-7-8-13/h3-6,10,13H,7-9H2,1-2H3,(H,18,22)/t10-/m1/s1. The Balaban J connectivity index is 1.59. The van der Waals surface area contributed by atoms with E-state index in [1.807, 2.05) is 38.1 Å². The molecule has 23 heavy (non-hydrogen) atoms. The fourth-order valence-corrected chi connectivity index (χ4v) is 3.55. The molecule has 1 aromatic carbocycles. The monoisotopic (exact) mass is 350 g/mol. The van der Waals surface area contributed by atoms with Crippen molar-refractivity contribution in [2.24, 2.45) is 0 Å². The van der Waals surface area contributed by atoms with Crippen molar-refractivity contribution in [3.05, 3.63) is 40.7 Å². The third-order valence-electron chi connectivity index (χ3n) is 3.81. The summed E-state index contributed by atoms with van der Waals surface area (Å²) in [6, 6.07) is 8.02. The zero-order valence-corrected chi connectivity index (χ0v) is 14.7. The van der Waals surface area contributed by atoms with Crippen molar-refractivity contribution in [3.63, 3.8) is 0 Å². The molecular formula is C16H19ClN4OS. The highest BCUT2D eigenvalue weighted by Gasteiger charge is 2.29. The number of hydrogen-bond acceptors (Lipinski definition) is 4. The summed E-state index contributed by atoms with van der Waals surface area (Å²) in [7, 11) is 0. The predicted octanol–water partition coefficient (Wildman–Crippen LogP) is 3.37. The van der Waals surface area contributed by atoms with E-state index >= 15 is 0 Å². The second-order valence-electron chi connectivity index (χ2n) is 5.70. The van der Waals surface area contributed by atoms with Crippen LogP contribution in [-0.4, -0.2) is 25.9 Å². The third-order valence-corrected chi connectivity index (χ3v) is 5.23. The van der Waals surface area contributed by atoms with E-state index in [0.29, 0.717) is 17.6 Å². The number of carbonyl (C=O) groups is 1. The van der Waals surface area contributed by atoms with Crippen LogP contribution in [0.1, 0.15) is 37.2 Å². The molecule has 1 heterocycles. The molecule has 1 saturated carbocycles. The van der Waals surface area contributed by atoms with E-state index in [4.69, 9.17) is 11.6 Å². The lowest BCUT2D eigenvalue weighted by Gasteiger charge is -2.13. The molecule has 1 aliphatic rings. The van der Waals surface area contributed by atoms with Crippen molar-refractivity contribution >= 4 is 29.3 Å². The van der Waals surface area contributed by atoms with E-state index in [1.165, 1.54) is 24.6 Å². The van der Waals surface area contributed by atoms with Gasteiger partial charge in [-0.25, -0.2) is 0 Å². The maximum atomic E-state index is 12.3. The molecule has 0 saturated heterocycles. The smallest absolute Gasteiger partial charge is 0.233 e. The summed E-state index contributed by atoms with van der Waals surface area (Å²) in [6.45, 7) is 4.27. The number of thioether (sulfide) groups is 1. The van der Waals surface area contributed by atoms with Crippen LogP contribution in [0.3, 0.4) is 0 Å². The van der Waals surface area contributed by atoms with Crippen LogP contribution >= 0.6 is 23.4 Å². The second kappa shape index (κ2) is 6.93. The fourth-order valence-electron chi connectivity index (χ4n) is 2.36. The number of carbonyl (C=O) groups excluding carboxylic acids is 1. The third kappa shape index (κ3) is 3.87. The summed E-state index contributed by atoms with van der Waals surface area (Å²) < 4.78 is 2.14. The van der Waals surface area contributed by atoms with E-state index in [-0.39, 0.29) is 11.2 Å². The Bertz CT molecular complexity index is 714. The first-order valence-corrected chi connectivity index (χ1v) is 8.91. The largest absolute Gasteiger partial charge is 0.351 e. The van der Waals surface area contributed by atoms with Gasteiger partial charge in [-0.1, -0.05) is 41.6 Å². The van der Waals surface area contributed by atoms with E-state index in [1.54, 1.807) is 0 Å². The molecule has 0 spiro atoms. The molecule has 1 N–H and O–H groups in total. The number of rotatable bonds is 6. The molecule has 0 unspecified atom stereocenters. The van der Waals surface area contributed by atoms with Crippen molar-refractivity contribution in [1.29, 1.82) is 0 Å². The number of nitrogens with one attached hydrogen (secondary N) is 1. The first-order chi connectivity index (χ1) is 11.1. The molecular weight excluding hydrogens is 332 g/mol. The maximum absolute atomic E-state index is 12.3. The fraction of sp³-hybridized carbons (Fsp3) is 0.438. The summed E-state index contributed by atoms with van der Waals surface area (Å²) in [5, 5.41) is 12.5. The van der Waals surface area contributed by atoms with Gasteiger partial charge in [0.25, 0.3) is 0 Å². The number of amides is 1. The lowest BCUT2D eigenvalue weighted by molar-refractivity contribution is -0.120. The normalized spacial score (nSPS) is 15.4. The molecule has 1 amide bonds. The maximum Gasteiger partial charge on any atom is 0.233 e. The molecule has 1 aromatic heterocycles. The molecule has 1 aliphatic carbocycles. The van der Waals surface area contributed by atoms with Gasteiger partial charge in [-0.2, -0.15) is 0 Å². The molecule has 1 atom stereocenters. The van der Waals surface area contributed by atoms with E-state index in [2.05, 4.69) is 20.1 Å². The van der Waals surface area contributed by atoms with Crippen LogP contribution in [-0.2, 0) is 11.3 Å². The predicted molar refractivity (Wildman–Crippen MR) is 91.6 cm³/mol. The Morgan fingerprint density at radius 3 is 2.87 bits per heavy atom. The second-order valence-corrected chi connectivity index (χ2v) is 7.42. The van der Waals surface area contributed by atoms with Crippen LogP contribution < -0.4 is 5.32 Å². The Morgan fingerprint density at radius 1 is 1.43 bits per heavy atom. The van der Waals surface area contributed by atoms with Gasteiger partial charge in [0.2, 0.25) is 5.91 Å². The molecule has 5 nitrogen and oxygen atoms in total. The van der Waals surface area contributed by atoms with Gasteiger partial charge in [-0.15, -0.1) is 10.2 Å². The van der Waals surface area contributed by atoms with Crippen molar-refractivity contribution in [2.75, 3.05) is 0 Å². The lowest BCUT2D eigenvalue weighted by atomic mass is 10.2. The molecule has 0 aliphatic heterocycles. The van der Waals surface area contributed by atoms with Crippen LogP contribution in [0.2, 0.25) is 5.02 Å². The minimum absolute atomic E-state index is 0.0297. The highest BCUT2D eigenvalue weighted by Crippen LogP contribution is 2.39. The minimum atomic E-state index is -0.237. The van der Waals surface area contributed by atoms with E-state index in [9.17, 15) is 4.79 Å². The van der Waals surface area contributed by atoms with Gasteiger partial charge in [-0.05, 0) is 38.3 Å². The van der Waals surface area contributed by atoms with Crippen LogP contribution in [0, 0.1) is 6.92 Å². The molecule has 0 bridgehead atoms. The van der Waals surface area contributed by atoms with Gasteiger partial charge in [0.05, 0.1) is 5.25 Å². The highest BCUT2D eigenvalue weighted by molar-refractivity contribution is 8.00. The number of benzene rings is 1. The number of aryl methyl sites for hydroxylation is 1. The van der Waals surface area contributed by atoms with Gasteiger partial charge >= 0.3 is 0 Å². The van der Waals surface area contributed by atoms with Crippen molar-refractivity contribution in [3.8, 4) is 0 Å². The average molecular weight is 351 g/mol. The van der Waals surface area contributed by atoms with Crippen LogP contribution in [0.25, 0.3) is 0 Å². The molecule has 7 heteroatoms. The topological polar surface area (TPSA) is 59.8 Å². The Labute approximate surface area is 144 Å². The number of aromatic nitrogens is 3. The zero-order chi connectivity index (χ0) is 16.4. The summed E-state index contributed by atoms with van der Waals surface area (Å²) >= 11 is 7.56. The lowest BCUT2D eigenvalue weighted by Crippen LogP contribution is -2.30. The molecule has 1 fully saturated rings. The van der Waals surface area contributed by atoms with Gasteiger partial charge in [-0.3, -0.25) is 4.79 Å². The Morgan fingerprint density at radius 2 is 2.17 bits per heavy atom. The van der Waals surface area contributed by atoms with E-state index in [0.717, 1.165) is 16.5 Å². The number of hydrogen-bond donors (Lipinski definition) is 1.